The Kier molecular flexibility index (Phi) is 6.99. The van der Waals surface area contributed by atoms with Crippen LogP contribution in [-0.4, -0.2) is 24.3 Å². The Morgan fingerprint density at radius 2 is 2.00 bits per heavy atom. The number of hydrogen-bond donors (Lipinski definition) is 2. The molecule has 2 N–H and O–H groups in total. The minimum absolute atomic E-state index is 0.175. The zero-order chi connectivity index (χ0) is 15.9. The maximum absolute atomic E-state index is 11.6. The van der Waals surface area contributed by atoms with Gasteiger partial charge in [-0.25, -0.2) is 4.79 Å². The summed E-state index contributed by atoms with van der Waals surface area (Å²) in [4.78, 5) is 11.6. The normalized spacial score (nSPS) is 12.8. The molecule has 1 amide bonds. The van der Waals surface area contributed by atoms with Crippen LogP contribution in [0.4, 0.5) is 4.79 Å². The standard InChI is InChI=1S/C16H25ClN2O2/c1-5-13(11-19-15(20)21-16(2,3)4)18-10-12-8-6-7-9-14(12)17/h6-9,13,18H,5,10-11H2,1-4H3,(H,19,20). The van der Waals surface area contributed by atoms with Crippen LogP contribution in [0.5, 0.6) is 0 Å². The van der Waals surface area contributed by atoms with Gasteiger partial charge >= 0.3 is 6.09 Å². The summed E-state index contributed by atoms with van der Waals surface area (Å²) in [5.41, 5.74) is 0.575. The number of nitrogens with one attached hydrogen (secondary N) is 2. The third-order valence-corrected chi connectivity index (χ3v) is 3.29. The van der Waals surface area contributed by atoms with Crippen molar-refractivity contribution in [2.75, 3.05) is 6.54 Å². The summed E-state index contributed by atoms with van der Waals surface area (Å²) in [6, 6.07) is 7.91. The van der Waals surface area contributed by atoms with Gasteiger partial charge in [-0.05, 0) is 38.8 Å². The van der Waals surface area contributed by atoms with Crippen molar-refractivity contribution >= 4 is 17.7 Å². The van der Waals surface area contributed by atoms with Gasteiger partial charge in [-0.3, -0.25) is 0 Å². The van der Waals surface area contributed by atoms with Crippen molar-refractivity contribution in [3.05, 3.63) is 34.9 Å². The van der Waals surface area contributed by atoms with E-state index in [0.717, 1.165) is 17.0 Å². The van der Waals surface area contributed by atoms with Crippen LogP contribution in [-0.2, 0) is 11.3 Å². The molecule has 5 heteroatoms. The number of ether oxygens (including phenoxy) is 1. The quantitative estimate of drug-likeness (QED) is 0.841. The molecule has 21 heavy (non-hydrogen) atoms. The second-order valence-electron chi connectivity index (χ2n) is 5.96. The maximum atomic E-state index is 11.6. The van der Waals surface area contributed by atoms with Crippen LogP contribution in [0.15, 0.2) is 24.3 Å². The van der Waals surface area contributed by atoms with Gasteiger partial charge in [0.25, 0.3) is 0 Å². The number of carbonyl (C=O) groups is 1. The topological polar surface area (TPSA) is 50.4 Å². The lowest BCUT2D eigenvalue weighted by Crippen LogP contribution is -2.42. The molecule has 0 bridgehead atoms. The number of benzene rings is 1. The van der Waals surface area contributed by atoms with Crippen molar-refractivity contribution in [1.29, 1.82) is 0 Å². The summed E-state index contributed by atoms with van der Waals surface area (Å²) in [7, 11) is 0. The first-order valence-corrected chi connectivity index (χ1v) is 7.63. The lowest BCUT2D eigenvalue weighted by molar-refractivity contribution is 0.0522. The Morgan fingerprint density at radius 1 is 1.33 bits per heavy atom. The van der Waals surface area contributed by atoms with Crippen molar-refractivity contribution in [3.63, 3.8) is 0 Å². The predicted octanol–water partition coefficient (Wildman–Crippen LogP) is 3.73. The first kappa shape index (κ1) is 17.8. The highest BCUT2D eigenvalue weighted by atomic mass is 35.5. The molecule has 1 atom stereocenters. The molecule has 0 heterocycles. The highest BCUT2D eigenvalue weighted by molar-refractivity contribution is 6.31. The van der Waals surface area contributed by atoms with Crippen LogP contribution in [0, 0.1) is 0 Å². The summed E-state index contributed by atoms with van der Waals surface area (Å²) in [5.74, 6) is 0. The van der Waals surface area contributed by atoms with Crippen LogP contribution in [0.1, 0.15) is 39.7 Å². The Balaban J connectivity index is 2.39. The highest BCUT2D eigenvalue weighted by Gasteiger charge is 2.17. The highest BCUT2D eigenvalue weighted by Crippen LogP contribution is 2.14. The summed E-state index contributed by atoms with van der Waals surface area (Å²) >= 11 is 6.12. The van der Waals surface area contributed by atoms with Crippen molar-refractivity contribution in [2.24, 2.45) is 0 Å². The fourth-order valence-electron chi connectivity index (χ4n) is 1.78. The van der Waals surface area contributed by atoms with Crippen LogP contribution in [0.25, 0.3) is 0 Å². The molecule has 0 aliphatic heterocycles. The molecular formula is C16H25ClN2O2. The Bertz CT molecular complexity index is 458. The third kappa shape index (κ3) is 7.34. The molecule has 0 aromatic heterocycles. The third-order valence-electron chi connectivity index (χ3n) is 2.92. The van der Waals surface area contributed by atoms with E-state index >= 15 is 0 Å². The van der Waals surface area contributed by atoms with Gasteiger partial charge in [-0.2, -0.15) is 0 Å². The van der Waals surface area contributed by atoms with Crippen LogP contribution >= 0.6 is 11.6 Å². The molecule has 0 spiro atoms. The lowest BCUT2D eigenvalue weighted by atomic mass is 10.2. The van der Waals surface area contributed by atoms with Crippen molar-refractivity contribution in [3.8, 4) is 0 Å². The van der Waals surface area contributed by atoms with Gasteiger partial charge in [0, 0.05) is 24.2 Å². The van der Waals surface area contributed by atoms with E-state index in [0.29, 0.717) is 13.1 Å². The smallest absolute Gasteiger partial charge is 0.407 e. The average Bonchev–Trinajstić information content (AvgIpc) is 2.38. The SMILES string of the molecule is CCC(CNC(=O)OC(C)(C)C)NCc1ccccc1Cl. The van der Waals surface area contributed by atoms with Gasteiger partial charge in [0.05, 0.1) is 0 Å². The van der Waals surface area contributed by atoms with E-state index in [2.05, 4.69) is 17.6 Å². The van der Waals surface area contributed by atoms with E-state index in [1.807, 2.05) is 45.0 Å². The molecule has 0 radical (unpaired) electrons. The Hall–Kier alpha value is -1.26. The van der Waals surface area contributed by atoms with E-state index in [9.17, 15) is 4.79 Å². The number of alkyl carbamates (subject to hydrolysis) is 1. The molecule has 1 rings (SSSR count). The molecule has 0 saturated heterocycles. The van der Waals surface area contributed by atoms with Crippen LogP contribution < -0.4 is 10.6 Å². The number of rotatable bonds is 6. The molecule has 0 fully saturated rings. The molecule has 118 valence electrons. The zero-order valence-corrected chi connectivity index (χ0v) is 14.0. The van der Waals surface area contributed by atoms with Gasteiger partial charge in [-0.15, -0.1) is 0 Å². The first-order valence-electron chi connectivity index (χ1n) is 7.25. The molecule has 0 aliphatic carbocycles. The second-order valence-corrected chi connectivity index (χ2v) is 6.37. The number of amides is 1. The molecule has 1 unspecified atom stereocenters. The van der Waals surface area contributed by atoms with Gasteiger partial charge < -0.3 is 15.4 Å². The van der Waals surface area contributed by atoms with Gasteiger partial charge in [0.15, 0.2) is 0 Å². The Morgan fingerprint density at radius 3 is 2.57 bits per heavy atom. The molecule has 1 aromatic carbocycles. The van der Waals surface area contributed by atoms with E-state index in [1.54, 1.807) is 0 Å². The maximum Gasteiger partial charge on any atom is 0.407 e. The minimum atomic E-state index is -0.475. The summed E-state index contributed by atoms with van der Waals surface area (Å²) in [6.07, 6.45) is 0.515. The molecular weight excluding hydrogens is 288 g/mol. The number of hydrogen-bond acceptors (Lipinski definition) is 3. The van der Waals surface area contributed by atoms with Crippen molar-refractivity contribution in [2.45, 2.75) is 52.3 Å². The van der Waals surface area contributed by atoms with Gasteiger partial charge in [-0.1, -0.05) is 36.7 Å². The summed E-state index contributed by atoms with van der Waals surface area (Å²) in [6.45, 7) is 8.81. The molecule has 0 saturated carbocycles. The monoisotopic (exact) mass is 312 g/mol. The van der Waals surface area contributed by atoms with E-state index < -0.39 is 5.60 Å². The largest absolute Gasteiger partial charge is 0.444 e. The minimum Gasteiger partial charge on any atom is -0.444 e. The van der Waals surface area contributed by atoms with Crippen LogP contribution in [0.2, 0.25) is 5.02 Å². The lowest BCUT2D eigenvalue weighted by Gasteiger charge is -2.22. The fraction of sp³-hybridized carbons (Fsp3) is 0.562. The molecule has 4 nitrogen and oxygen atoms in total. The second kappa shape index (κ2) is 8.25. The first-order chi connectivity index (χ1) is 9.81. The summed E-state index contributed by atoms with van der Waals surface area (Å²) in [5, 5.41) is 6.92. The summed E-state index contributed by atoms with van der Waals surface area (Å²) < 4.78 is 5.22. The number of halogens is 1. The van der Waals surface area contributed by atoms with Crippen molar-refractivity contribution in [1.82, 2.24) is 10.6 Å². The van der Waals surface area contributed by atoms with E-state index in [1.165, 1.54) is 0 Å². The predicted molar refractivity (Wildman–Crippen MR) is 86.6 cm³/mol. The van der Waals surface area contributed by atoms with Crippen LogP contribution in [0.3, 0.4) is 0 Å². The Labute approximate surface area is 132 Å². The molecule has 0 aliphatic rings. The van der Waals surface area contributed by atoms with Crippen molar-refractivity contribution < 1.29 is 9.53 Å². The fourth-order valence-corrected chi connectivity index (χ4v) is 1.98. The van der Waals surface area contributed by atoms with E-state index in [-0.39, 0.29) is 12.1 Å². The van der Waals surface area contributed by atoms with E-state index in [4.69, 9.17) is 16.3 Å². The van der Waals surface area contributed by atoms with Gasteiger partial charge in [0.2, 0.25) is 0 Å². The molecule has 1 aromatic rings. The van der Waals surface area contributed by atoms with Gasteiger partial charge in [0.1, 0.15) is 5.60 Å². The zero-order valence-electron chi connectivity index (χ0n) is 13.2. The average molecular weight is 313 g/mol. The number of carbonyl (C=O) groups excluding carboxylic acids is 1.